The average Bonchev–Trinajstić information content (AvgIpc) is 2.41. The van der Waals surface area contributed by atoms with Crippen LogP contribution in [0, 0.1) is 0 Å². The highest BCUT2D eigenvalue weighted by molar-refractivity contribution is 6.33. The van der Waals surface area contributed by atoms with E-state index in [0.717, 1.165) is 22.6 Å². The van der Waals surface area contributed by atoms with Crippen molar-refractivity contribution < 1.29 is 9.47 Å². The number of fused-ring (bicyclic) bond motifs is 1. The van der Waals surface area contributed by atoms with E-state index < -0.39 is 0 Å². The number of rotatable bonds is 1. The molecule has 0 saturated carbocycles. The van der Waals surface area contributed by atoms with Gasteiger partial charge in [-0.2, -0.15) is 0 Å². The van der Waals surface area contributed by atoms with Crippen LogP contribution in [0.3, 0.4) is 0 Å². The Bertz CT molecular complexity index is 598. The Morgan fingerprint density at radius 2 is 1.72 bits per heavy atom. The summed E-state index contributed by atoms with van der Waals surface area (Å²) in [6.45, 7) is 1.16. The van der Waals surface area contributed by atoms with Crippen LogP contribution in [-0.4, -0.2) is 13.2 Å². The van der Waals surface area contributed by atoms with Crippen LogP contribution in [0.25, 0.3) is 11.1 Å². The molecule has 1 aliphatic rings. The predicted octanol–water partition coefficient (Wildman–Crippen LogP) is 3.36. The summed E-state index contributed by atoms with van der Waals surface area (Å²) in [5.41, 5.74) is 8.34. The van der Waals surface area contributed by atoms with Crippen LogP contribution in [0.4, 0.5) is 5.69 Å². The topological polar surface area (TPSA) is 44.5 Å². The molecule has 2 aromatic rings. The molecule has 0 aliphatic carbocycles. The van der Waals surface area contributed by atoms with E-state index in [0.29, 0.717) is 23.9 Å². The van der Waals surface area contributed by atoms with Crippen molar-refractivity contribution in [3.8, 4) is 22.6 Å². The van der Waals surface area contributed by atoms with E-state index in [4.69, 9.17) is 26.8 Å². The first kappa shape index (κ1) is 11.2. The lowest BCUT2D eigenvalue weighted by atomic mass is 10.0. The molecule has 0 spiro atoms. The highest BCUT2D eigenvalue weighted by Gasteiger charge is 2.13. The van der Waals surface area contributed by atoms with Crippen LogP contribution >= 0.6 is 11.6 Å². The Morgan fingerprint density at radius 3 is 2.56 bits per heavy atom. The minimum absolute atomic E-state index is 0.571. The van der Waals surface area contributed by atoms with Crippen molar-refractivity contribution >= 4 is 17.3 Å². The van der Waals surface area contributed by atoms with Gasteiger partial charge in [-0.3, -0.25) is 0 Å². The Kier molecular flexibility index (Phi) is 2.76. The fraction of sp³-hybridized carbons (Fsp3) is 0.143. The van der Waals surface area contributed by atoms with Crippen LogP contribution in [0.15, 0.2) is 36.4 Å². The summed E-state index contributed by atoms with van der Waals surface area (Å²) in [5.74, 6) is 1.52. The van der Waals surface area contributed by atoms with Gasteiger partial charge in [0, 0.05) is 16.3 Å². The first-order valence-corrected chi connectivity index (χ1v) is 6.07. The summed E-state index contributed by atoms with van der Waals surface area (Å²) in [4.78, 5) is 0. The zero-order valence-corrected chi connectivity index (χ0v) is 10.4. The van der Waals surface area contributed by atoms with Gasteiger partial charge in [-0.05, 0) is 35.9 Å². The average molecular weight is 262 g/mol. The van der Waals surface area contributed by atoms with Crippen LogP contribution in [0.1, 0.15) is 0 Å². The van der Waals surface area contributed by atoms with Gasteiger partial charge in [0.05, 0.1) is 0 Å². The molecule has 0 atom stereocenters. The minimum Gasteiger partial charge on any atom is -0.486 e. The zero-order chi connectivity index (χ0) is 12.5. The fourth-order valence-electron chi connectivity index (χ4n) is 1.98. The number of halogens is 1. The van der Waals surface area contributed by atoms with Crippen molar-refractivity contribution in [3.63, 3.8) is 0 Å². The highest BCUT2D eigenvalue weighted by atomic mass is 35.5. The van der Waals surface area contributed by atoms with Crippen LogP contribution in [0.5, 0.6) is 11.5 Å². The van der Waals surface area contributed by atoms with Gasteiger partial charge in [-0.25, -0.2) is 0 Å². The first-order chi connectivity index (χ1) is 8.74. The second-order valence-corrected chi connectivity index (χ2v) is 4.50. The summed E-state index contributed by atoms with van der Waals surface area (Å²) < 4.78 is 11.0. The van der Waals surface area contributed by atoms with Crippen molar-refractivity contribution in [1.82, 2.24) is 0 Å². The van der Waals surface area contributed by atoms with Gasteiger partial charge in [0.2, 0.25) is 0 Å². The van der Waals surface area contributed by atoms with E-state index >= 15 is 0 Å². The Labute approximate surface area is 110 Å². The molecule has 1 heterocycles. The molecule has 2 aromatic carbocycles. The third-order valence-electron chi connectivity index (χ3n) is 2.84. The summed E-state index contributed by atoms with van der Waals surface area (Å²) in [6.07, 6.45) is 0. The standard InChI is InChI=1S/C14H12ClNO2/c15-12-3-2-10(16)8-11(12)9-1-4-13-14(7-9)18-6-5-17-13/h1-4,7-8H,5-6,16H2. The number of hydrogen-bond donors (Lipinski definition) is 1. The largest absolute Gasteiger partial charge is 0.486 e. The normalized spacial score (nSPS) is 13.4. The van der Waals surface area contributed by atoms with E-state index in [-0.39, 0.29) is 0 Å². The van der Waals surface area contributed by atoms with Gasteiger partial charge in [0.15, 0.2) is 11.5 Å². The molecule has 0 aromatic heterocycles. The lowest BCUT2D eigenvalue weighted by molar-refractivity contribution is 0.171. The molecule has 0 unspecified atom stereocenters. The highest BCUT2D eigenvalue weighted by Crippen LogP contribution is 2.37. The molecule has 4 heteroatoms. The fourth-order valence-corrected chi connectivity index (χ4v) is 2.20. The molecule has 92 valence electrons. The number of nitrogen functional groups attached to an aromatic ring is 1. The van der Waals surface area contributed by atoms with E-state index in [2.05, 4.69) is 0 Å². The van der Waals surface area contributed by atoms with E-state index in [1.54, 1.807) is 12.1 Å². The maximum atomic E-state index is 6.19. The summed E-state index contributed by atoms with van der Waals surface area (Å²) in [7, 11) is 0. The summed E-state index contributed by atoms with van der Waals surface area (Å²) >= 11 is 6.19. The van der Waals surface area contributed by atoms with Crippen molar-refractivity contribution in [3.05, 3.63) is 41.4 Å². The van der Waals surface area contributed by atoms with E-state index in [9.17, 15) is 0 Å². The second-order valence-electron chi connectivity index (χ2n) is 4.10. The molecule has 0 saturated heterocycles. The van der Waals surface area contributed by atoms with Crippen molar-refractivity contribution in [1.29, 1.82) is 0 Å². The van der Waals surface area contributed by atoms with Gasteiger partial charge in [0.25, 0.3) is 0 Å². The maximum Gasteiger partial charge on any atom is 0.161 e. The van der Waals surface area contributed by atoms with Crippen molar-refractivity contribution in [2.75, 3.05) is 18.9 Å². The molecule has 3 rings (SSSR count). The number of anilines is 1. The molecule has 1 aliphatic heterocycles. The van der Waals surface area contributed by atoms with Gasteiger partial charge in [-0.1, -0.05) is 17.7 Å². The predicted molar refractivity (Wildman–Crippen MR) is 72.3 cm³/mol. The Hall–Kier alpha value is -1.87. The number of hydrogen-bond acceptors (Lipinski definition) is 3. The Morgan fingerprint density at radius 1 is 0.944 bits per heavy atom. The summed E-state index contributed by atoms with van der Waals surface area (Å²) in [6, 6.07) is 11.2. The molecule has 0 bridgehead atoms. The molecular weight excluding hydrogens is 250 g/mol. The molecule has 3 nitrogen and oxygen atoms in total. The molecule has 0 fully saturated rings. The third kappa shape index (κ3) is 1.97. The van der Waals surface area contributed by atoms with Crippen LogP contribution < -0.4 is 15.2 Å². The van der Waals surface area contributed by atoms with Gasteiger partial charge in [0.1, 0.15) is 13.2 Å². The summed E-state index contributed by atoms with van der Waals surface area (Å²) in [5, 5.41) is 0.667. The van der Waals surface area contributed by atoms with Crippen molar-refractivity contribution in [2.24, 2.45) is 0 Å². The van der Waals surface area contributed by atoms with E-state index in [1.807, 2.05) is 24.3 Å². The minimum atomic E-state index is 0.571. The van der Waals surface area contributed by atoms with Gasteiger partial charge < -0.3 is 15.2 Å². The molecular formula is C14H12ClNO2. The van der Waals surface area contributed by atoms with Crippen LogP contribution in [-0.2, 0) is 0 Å². The second kappa shape index (κ2) is 4.42. The lowest BCUT2D eigenvalue weighted by Gasteiger charge is -2.19. The molecule has 0 amide bonds. The van der Waals surface area contributed by atoms with Gasteiger partial charge in [-0.15, -0.1) is 0 Å². The van der Waals surface area contributed by atoms with Crippen molar-refractivity contribution in [2.45, 2.75) is 0 Å². The lowest BCUT2D eigenvalue weighted by Crippen LogP contribution is -2.15. The molecule has 18 heavy (non-hydrogen) atoms. The maximum absolute atomic E-state index is 6.19. The number of nitrogens with two attached hydrogens (primary N) is 1. The first-order valence-electron chi connectivity index (χ1n) is 5.69. The smallest absolute Gasteiger partial charge is 0.161 e. The molecule has 0 radical (unpaired) electrons. The Balaban J connectivity index is 2.09. The molecule has 2 N–H and O–H groups in total. The van der Waals surface area contributed by atoms with E-state index in [1.165, 1.54) is 0 Å². The third-order valence-corrected chi connectivity index (χ3v) is 3.17. The quantitative estimate of drug-likeness (QED) is 0.801. The SMILES string of the molecule is Nc1ccc(Cl)c(-c2ccc3c(c2)OCCO3)c1. The van der Waals surface area contributed by atoms with Gasteiger partial charge >= 0.3 is 0 Å². The number of benzene rings is 2. The monoisotopic (exact) mass is 261 g/mol. The number of ether oxygens (including phenoxy) is 2. The zero-order valence-electron chi connectivity index (χ0n) is 9.65. The van der Waals surface area contributed by atoms with Crippen LogP contribution in [0.2, 0.25) is 5.02 Å².